The topological polar surface area (TPSA) is 0 Å². The molecule has 86 valence electrons. The Morgan fingerprint density at radius 1 is 0.929 bits per heavy atom. The van der Waals surface area contributed by atoms with Crippen LogP contribution in [0.3, 0.4) is 0 Å². The zero-order valence-corrected chi connectivity index (χ0v) is 9.65. The highest BCUT2D eigenvalue weighted by atomic mass is 19.4. The minimum atomic E-state index is -4.05. The maximum absolute atomic E-state index is 12.7. The fourth-order valence-electron chi connectivity index (χ4n) is 2.42. The minimum Gasteiger partial charge on any atom is -0.171 e. The number of halogens is 3. The summed E-state index contributed by atoms with van der Waals surface area (Å²) in [7, 11) is 0. The van der Waals surface area contributed by atoms with E-state index in [-0.39, 0.29) is 24.2 Å². The Kier molecular flexibility index (Phi) is 4.96. The van der Waals surface area contributed by atoms with Gasteiger partial charge in [0.15, 0.2) is 0 Å². The molecule has 0 saturated carbocycles. The van der Waals surface area contributed by atoms with Gasteiger partial charge in [-0.1, -0.05) is 34.6 Å². The Morgan fingerprint density at radius 3 is 1.36 bits per heavy atom. The van der Waals surface area contributed by atoms with Gasteiger partial charge in [0.25, 0.3) is 0 Å². The third-order valence-electron chi connectivity index (χ3n) is 2.86. The van der Waals surface area contributed by atoms with Crippen LogP contribution >= 0.6 is 0 Å². The molecule has 0 nitrogen and oxygen atoms in total. The first-order valence-corrected chi connectivity index (χ1v) is 5.28. The molecule has 0 aromatic carbocycles. The van der Waals surface area contributed by atoms with Crippen molar-refractivity contribution in [1.82, 2.24) is 0 Å². The second-order valence-corrected chi connectivity index (χ2v) is 4.62. The largest absolute Gasteiger partial charge is 0.392 e. The predicted octanol–water partition coefficient (Wildman–Crippen LogP) is 4.50. The summed E-state index contributed by atoms with van der Waals surface area (Å²) < 4.78 is 38.1. The number of rotatable bonds is 4. The van der Waals surface area contributed by atoms with Gasteiger partial charge >= 0.3 is 6.18 Å². The van der Waals surface area contributed by atoms with Crippen LogP contribution in [0, 0.1) is 23.7 Å². The van der Waals surface area contributed by atoms with Gasteiger partial charge in [-0.3, -0.25) is 0 Å². The van der Waals surface area contributed by atoms with Gasteiger partial charge in [-0.05, 0) is 24.2 Å². The predicted molar refractivity (Wildman–Crippen MR) is 53.0 cm³/mol. The van der Waals surface area contributed by atoms with Gasteiger partial charge in [0, 0.05) is 0 Å². The van der Waals surface area contributed by atoms with Crippen LogP contribution in [0.5, 0.6) is 0 Å². The van der Waals surface area contributed by atoms with Gasteiger partial charge in [0.2, 0.25) is 0 Å². The Labute approximate surface area is 84.9 Å². The van der Waals surface area contributed by atoms with Crippen LogP contribution in [0.15, 0.2) is 0 Å². The van der Waals surface area contributed by atoms with E-state index in [2.05, 4.69) is 0 Å². The van der Waals surface area contributed by atoms with Crippen LogP contribution < -0.4 is 0 Å². The molecule has 0 saturated heterocycles. The van der Waals surface area contributed by atoms with Crippen molar-refractivity contribution in [2.75, 3.05) is 0 Å². The van der Waals surface area contributed by atoms with Crippen LogP contribution in [-0.2, 0) is 0 Å². The van der Waals surface area contributed by atoms with E-state index < -0.39 is 12.1 Å². The van der Waals surface area contributed by atoms with Crippen molar-refractivity contribution in [3.8, 4) is 0 Å². The fourth-order valence-corrected chi connectivity index (χ4v) is 2.42. The Bertz CT molecular complexity index is 150. The maximum Gasteiger partial charge on any atom is 0.392 e. The van der Waals surface area contributed by atoms with Crippen LogP contribution in [0.2, 0.25) is 0 Å². The third kappa shape index (κ3) is 3.50. The van der Waals surface area contributed by atoms with Crippen molar-refractivity contribution in [2.24, 2.45) is 23.7 Å². The molecular formula is C11H21F3. The van der Waals surface area contributed by atoms with Crippen molar-refractivity contribution in [2.45, 2.75) is 47.2 Å². The molecular weight excluding hydrogens is 189 g/mol. The van der Waals surface area contributed by atoms with Crippen molar-refractivity contribution in [3.63, 3.8) is 0 Å². The smallest absolute Gasteiger partial charge is 0.171 e. The van der Waals surface area contributed by atoms with E-state index in [1.165, 1.54) is 0 Å². The molecule has 0 amide bonds. The highest BCUT2D eigenvalue weighted by Gasteiger charge is 2.44. The SMILES string of the molecule is CCC(C(C(C)C)C(C)C)C(F)(F)F. The second kappa shape index (κ2) is 5.04. The minimum absolute atomic E-state index is 0.0848. The summed E-state index contributed by atoms with van der Waals surface area (Å²) in [5, 5.41) is 0. The molecule has 0 fully saturated rings. The molecule has 1 unspecified atom stereocenters. The molecule has 3 heteroatoms. The van der Waals surface area contributed by atoms with Crippen molar-refractivity contribution >= 4 is 0 Å². The lowest BCUT2D eigenvalue weighted by Crippen LogP contribution is -2.35. The monoisotopic (exact) mass is 210 g/mol. The lowest BCUT2D eigenvalue weighted by atomic mass is 9.74. The molecule has 14 heavy (non-hydrogen) atoms. The molecule has 0 aliphatic rings. The molecule has 0 rings (SSSR count). The molecule has 0 heterocycles. The average molecular weight is 210 g/mol. The van der Waals surface area contributed by atoms with Gasteiger partial charge in [-0.25, -0.2) is 0 Å². The first kappa shape index (κ1) is 13.8. The summed E-state index contributed by atoms with van der Waals surface area (Å²) in [6.07, 6.45) is -3.86. The summed E-state index contributed by atoms with van der Waals surface area (Å²) in [5.41, 5.74) is 0. The lowest BCUT2D eigenvalue weighted by molar-refractivity contribution is -0.198. The quantitative estimate of drug-likeness (QED) is 0.640. The van der Waals surface area contributed by atoms with Crippen LogP contribution in [0.1, 0.15) is 41.0 Å². The molecule has 0 radical (unpaired) electrons. The molecule has 0 aliphatic carbocycles. The zero-order valence-electron chi connectivity index (χ0n) is 9.65. The van der Waals surface area contributed by atoms with Gasteiger partial charge in [-0.15, -0.1) is 0 Å². The van der Waals surface area contributed by atoms with E-state index in [4.69, 9.17) is 0 Å². The number of hydrogen-bond donors (Lipinski definition) is 0. The highest BCUT2D eigenvalue weighted by molar-refractivity contribution is 4.79. The number of alkyl halides is 3. The van der Waals surface area contributed by atoms with Crippen LogP contribution in [0.4, 0.5) is 13.2 Å². The lowest BCUT2D eigenvalue weighted by Gasteiger charge is -2.34. The summed E-state index contributed by atoms with van der Waals surface area (Å²) >= 11 is 0. The van der Waals surface area contributed by atoms with Crippen LogP contribution in [0.25, 0.3) is 0 Å². The molecule has 0 N–H and O–H groups in total. The molecule has 0 bridgehead atoms. The van der Waals surface area contributed by atoms with E-state index in [0.29, 0.717) is 0 Å². The van der Waals surface area contributed by atoms with Gasteiger partial charge in [0.1, 0.15) is 0 Å². The van der Waals surface area contributed by atoms with Crippen molar-refractivity contribution in [1.29, 1.82) is 0 Å². The van der Waals surface area contributed by atoms with Crippen molar-refractivity contribution < 1.29 is 13.2 Å². The van der Waals surface area contributed by atoms with Gasteiger partial charge in [-0.2, -0.15) is 13.2 Å². The Balaban J connectivity index is 4.77. The van der Waals surface area contributed by atoms with E-state index in [1.807, 2.05) is 27.7 Å². The molecule has 0 aliphatic heterocycles. The fraction of sp³-hybridized carbons (Fsp3) is 1.00. The van der Waals surface area contributed by atoms with Crippen molar-refractivity contribution in [3.05, 3.63) is 0 Å². The number of hydrogen-bond acceptors (Lipinski definition) is 0. The summed E-state index contributed by atoms with van der Waals surface area (Å²) in [6.45, 7) is 9.12. The normalized spacial score (nSPS) is 15.6. The Morgan fingerprint density at radius 2 is 1.29 bits per heavy atom. The standard InChI is InChI=1S/C11H21F3/c1-6-9(11(12,13)14)10(7(2)3)8(4)5/h7-10H,6H2,1-5H3. The van der Waals surface area contributed by atoms with Crippen LogP contribution in [-0.4, -0.2) is 6.18 Å². The zero-order chi connectivity index (χ0) is 11.5. The third-order valence-corrected chi connectivity index (χ3v) is 2.86. The maximum atomic E-state index is 12.7. The van der Waals surface area contributed by atoms with E-state index in [9.17, 15) is 13.2 Å². The molecule has 0 aromatic rings. The van der Waals surface area contributed by atoms with E-state index >= 15 is 0 Å². The molecule has 0 aromatic heterocycles. The first-order valence-electron chi connectivity index (χ1n) is 5.28. The van der Waals surface area contributed by atoms with E-state index in [0.717, 1.165) is 0 Å². The second-order valence-electron chi connectivity index (χ2n) is 4.62. The summed E-state index contributed by atoms with van der Waals surface area (Å²) in [4.78, 5) is 0. The molecule has 1 atom stereocenters. The highest BCUT2D eigenvalue weighted by Crippen LogP contribution is 2.41. The first-order chi connectivity index (χ1) is 6.21. The Hall–Kier alpha value is -0.210. The molecule has 0 spiro atoms. The average Bonchev–Trinajstić information content (AvgIpc) is 1.95. The summed E-state index contributed by atoms with van der Waals surface area (Å²) in [6, 6.07) is 0. The van der Waals surface area contributed by atoms with E-state index in [1.54, 1.807) is 6.92 Å². The summed E-state index contributed by atoms with van der Waals surface area (Å²) in [5.74, 6) is -1.24. The van der Waals surface area contributed by atoms with Gasteiger partial charge < -0.3 is 0 Å². The van der Waals surface area contributed by atoms with Gasteiger partial charge in [0.05, 0.1) is 5.92 Å².